The zero-order chi connectivity index (χ0) is 16.2. The van der Waals surface area contributed by atoms with E-state index in [2.05, 4.69) is 10.1 Å². The summed E-state index contributed by atoms with van der Waals surface area (Å²) in [5.74, 6) is 2.56. The number of methoxy groups -OCH3 is 2. The summed E-state index contributed by atoms with van der Waals surface area (Å²) >= 11 is 0. The van der Waals surface area contributed by atoms with E-state index in [4.69, 9.17) is 9.47 Å². The predicted molar refractivity (Wildman–Crippen MR) is 85.8 cm³/mol. The molecule has 0 saturated heterocycles. The number of hydrogen-bond acceptors (Lipinski definition) is 5. The standard InChI is InChI=1S/C17H17N3O3/c1-22-14-7-3-12(4-8-14)17-18-16(11-21)19-20(17)13-5-9-15(23-2)10-6-13/h3-10,21H,11H2,1-2H3. The number of aliphatic hydroxyl groups is 1. The molecule has 3 aromatic rings. The maximum atomic E-state index is 9.36. The third-order valence-corrected chi connectivity index (χ3v) is 3.46. The van der Waals surface area contributed by atoms with Crippen LogP contribution in [0.2, 0.25) is 0 Å². The molecule has 0 aliphatic carbocycles. The summed E-state index contributed by atoms with van der Waals surface area (Å²) in [6, 6.07) is 15.0. The molecule has 2 aromatic carbocycles. The lowest BCUT2D eigenvalue weighted by Gasteiger charge is -2.07. The molecule has 0 amide bonds. The summed E-state index contributed by atoms with van der Waals surface area (Å²) in [7, 11) is 3.25. The molecule has 0 aliphatic heterocycles. The zero-order valence-corrected chi connectivity index (χ0v) is 12.9. The first-order chi connectivity index (χ1) is 11.2. The van der Waals surface area contributed by atoms with Crippen molar-refractivity contribution in [3.05, 3.63) is 54.4 Å². The average Bonchev–Trinajstić information content (AvgIpc) is 3.06. The van der Waals surface area contributed by atoms with Gasteiger partial charge in [-0.25, -0.2) is 9.67 Å². The minimum Gasteiger partial charge on any atom is -0.497 e. The Kier molecular flexibility index (Phi) is 4.25. The monoisotopic (exact) mass is 311 g/mol. The van der Waals surface area contributed by atoms with Crippen LogP contribution >= 0.6 is 0 Å². The van der Waals surface area contributed by atoms with E-state index in [1.165, 1.54) is 0 Å². The van der Waals surface area contributed by atoms with Crippen molar-refractivity contribution in [1.29, 1.82) is 0 Å². The third kappa shape index (κ3) is 3.02. The highest BCUT2D eigenvalue weighted by Gasteiger charge is 2.13. The summed E-state index contributed by atoms with van der Waals surface area (Å²) in [5.41, 5.74) is 1.72. The van der Waals surface area contributed by atoms with Crippen molar-refractivity contribution in [3.8, 4) is 28.6 Å². The van der Waals surface area contributed by atoms with Crippen LogP contribution in [0.25, 0.3) is 17.1 Å². The van der Waals surface area contributed by atoms with Crippen LogP contribution in [-0.4, -0.2) is 34.1 Å². The molecule has 6 heteroatoms. The van der Waals surface area contributed by atoms with Crippen molar-refractivity contribution >= 4 is 0 Å². The molecule has 0 bridgehead atoms. The maximum absolute atomic E-state index is 9.36. The molecule has 0 radical (unpaired) electrons. The van der Waals surface area contributed by atoms with E-state index in [0.29, 0.717) is 11.6 Å². The van der Waals surface area contributed by atoms with E-state index in [0.717, 1.165) is 22.7 Å². The predicted octanol–water partition coefficient (Wildman–Crippen LogP) is 2.44. The van der Waals surface area contributed by atoms with Gasteiger partial charge in [-0.15, -0.1) is 5.10 Å². The second-order valence-corrected chi connectivity index (χ2v) is 4.85. The molecule has 1 aromatic heterocycles. The van der Waals surface area contributed by atoms with Crippen molar-refractivity contribution in [2.75, 3.05) is 14.2 Å². The maximum Gasteiger partial charge on any atom is 0.177 e. The molecule has 118 valence electrons. The van der Waals surface area contributed by atoms with Crippen LogP contribution in [0.1, 0.15) is 5.82 Å². The SMILES string of the molecule is COc1ccc(-c2nc(CO)nn2-c2ccc(OC)cc2)cc1. The Labute approximate surface area is 133 Å². The minimum absolute atomic E-state index is 0.216. The molecule has 0 aliphatic rings. The molecule has 1 heterocycles. The molecule has 6 nitrogen and oxygen atoms in total. The Balaban J connectivity index is 2.06. The average molecular weight is 311 g/mol. The molecule has 3 rings (SSSR count). The quantitative estimate of drug-likeness (QED) is 0.784. The van der Waals surface area contributed by atoms with Gasteiger partial charge in [0.1, 0.15) is 18.1 Å². The number of nitrogens with zero attached hydrogens (tertiary/aromatic N) is 3. The second-order valence-electron chi connectivity index (χ2n) is 4.85. The minimum atomic E-state index is -0.216. The van der Waals surface area contributed by atoms with Gasteiger partial charge in [0.15, 0.2) is 11.6 Å². The van der Waals surface area contributed by atoms with Gasteiger partial charge < -0.3 is 14.6 Å². The van der Waals surface area contributed by atoms with Crippen molar-refractivity contribution in [2.24, 2.45) is 0 Å². The molecule has 1 N–H and O–H groups in total. The highest BCUT2D eigenvalue weighted by molar-refractivity contribution is 5.59. The summed E-state index contributed by atoms with van der Waals surface area (Å²) < 4.78 is 12.0. The van der Waals surface area contributed by atoms with Crippen molar-refractivity contribution in [3.63, 3.8) is 0 Å². The van der Waals surface area contributed by atoms with E-state index in [1.807, 2.05) is 48.5 Å². The van der Waals surface area contributed by atoms with Crippen LogP contribution in [0, 0.1) is 0 Å². The summed E-state index contributed by atoms with van der Waals surface area (Å²) in [6.07, 6.45) is 0. The van der Waals surface area contributed by atoms with Gasteiger partial charge in [-0.3, -0.25) is 0 Å². The topological polar surface area (TPSA) is 69.4 Å². The van der Waals surface area contributed by atoms with E-state index in [-0.39, 0.29) is 6.61 Å². The highest BCUT2D eigenvalue weighted by Crippen LogP contribution is 2.24. The lowest BCUT2D eigenvalue weighted by atomic mass is 10.2. The molecule has 0 atom stereocenters. The lowest BCUT2D eigenvalue weighted by molar-refractivity contribution is 0.271. The van der Waals surface area contributed by atoms with E-state index < -0.39 is 0 Å². The second kappa shape index (κ2) is 6.50. The third-order valence-electron chi connectivity index (χ3n) is 3.46. The fourth-order valence-electron chi connectivity index (χ4n) is 2.25. The van der Waals surface area contributed by atoms with Crippen LogP contribution in [0.15, 0.2) is 48.5 Å². The summed E-state index contributed by atoms with van der Waals surface area (Å²) in [5, 5.41) is 13.7. The van der Waals surface area contributed by atoms with Gasteiger partial charge in [-0.05, 0) is 48.5 Å². The van der Waals surface area contributed by atoms with Gasteiger partial charge in [-0.2, -0.15) is 0 Å². The molecule has 0 spiro atoms. The normalized spacial score (nSPS) is 10.6. The smallest absolute Gasteiger partial charge is 0.177 e. The molecule has 0 saturated carbocycles. The van der Waals surface area contributed by atoms with Crippen molar-refractivity contribution in [2.45, 2.75) is 6.61 Å². The zero-order valence-electron chi connectivity index (χ0n) is 12.9. The van der Waals surface area contributed by atoms with Crippen molar-refractivity contribution in [1.82, 2.24) is 14.8 Å². The van der Waals surface area contributed by atoms with Crippen LogP contribution in [-0.2, 0) is 6.61 Å². The Hall–Kier alpha value is -2.86. The molecule has 0 unspecified atom stereocenters. The van der Waals surface area contributed by atoms with Gasteiger partial charge in [0.05, 0.1) is 19.9 Å². The fraction of sp³-hybridized carbons (Fsp3) is 0.176. The Morgan fingerprint density at radius 1 is 0.913 bits per heavy atom. The first-order valence-electron chi connectivity index (χ1n) is 7.11. The highest BCUT2D eigenvalue weighted by atomic mass is 16.5. The Morgan fingerprint density at radius 3 is 2.00 bits per heavy atom. The lowest BCUT2D eigenvalue weighted by Crippen LogP contribution is -2.00. The van der Waals surface area contributed by atoms with Gasteiger partial charge >= 0.3 is 0 Å². The molecule has 23 heavy (non-hydrogen) atoms. The van der Waals surface area contributed by atoms with Crippen molar-refractivity contribution < 1.29 is 14.6 Å². The molecular formula is C17H17N3O3. The van der Waals surface area contributed by atoms with Crippen LogP contribution in [0.3, 0.4) is 0 Å². The summed E-state index contributed by atoms with van der Waals surface area (Å²) in [4.78, 5) is 4.40. The fourth-order valence-corrected chi connectivity index (χ4v) is 2.25. The number of aliphatic hydroxyl groups excluding tert-OH is 1. The number of benzene rings is 2. The van der Waals surface area contributed by atoms with Crippen LogP contribution < -0.4 is 9.47 Å². The molecule has 0 fully saturated rings. The number of aromatic nitrogens is 3. The Morgan fingerprint density at radius 2 is 1.48 bits per heavy atom. The van der Waals surface area contributed by atoms with E-state index >= 15 is 0 Å². The van der Waals surface area contributed by atoms with Crippen LogP contribution in [0.4, 0.5) is 0 Å². The van der Waals surface area contributed by atoms with Gasteiger partial charge in [0.2, 0.25) is 0 Å². The van der Waals surface area contributed by atoms with E-state index in [1.54, 1.807) is 18.9 Å². The van der Waals surface area contributed by atoms with Gasteiger partial charge in [0.25, 0.3) is 0 Å². The first-order valence-corrected chi connectivity index (χ1v) is 7.11. The molecular weight excluding hydrogens is 294 g/mol. The summed E-state index contributed by atoms with van der Waals surface area (Å²) in [6.45, 7) is -0.216. The first kappa shape index (κ1) is 15.1. The number of hydrogen-bond donors (Lipinski definition) is 1. The number of rotatable bonds is 5. The van der Waals surface area contributed by atoms with Gasteiger partial charge in [-0.1, -0.05) is 0 Å². The van der Waals surface area contributed by atoms with E-state index in [9.17, 15) is 5.11 Å². The number of ether oxygens (including phenoxy) is 2. The Bertz CT molecular complexity index is 715. The van der Waals surface area contributed by atoms with Crippen LogP contribution in [0.5, 0.6) is 11.5 Å². The largest absolute Gasteiger partial charge is 0.497 e. The van der Waals surface area contributed by atoms with Gasteiger partial charge in [0, 0.05) is 5.56 Å².